The van der Waals surface area contributed by atoms with Crippen LogP contribution in [-0.4, -0.2) is 18.3 Å². The smallest absolute Gasteiger partial charge is 0.116 e. The van der Waals surface area contributed by atoms with Crippen molar-refractivity contribution in [1.82, 2.24) is 0 Å². The molecule has 1 aliphatic heterocycles. The molecule has 1 N–H and O–H groups in total. The quantitative estimate of drug-likeness (QED) is 0.810. The van der Waals surface area contributed by atoms with Gasteiger partial charge < -0.3 is 9.84 Å². The topological polar surface area (TPSA) is 29.5 Å². The van der Waals surface area contributed by atoms with Crippen LogP contribution < -0.4 is 0 Å². The molecule has 0 amide bonds. The van der Waals surface area contributed by atoms with Crippen LogP contribution in [0.3, 0.4) is 0 Å². The number of phenols is 1. The molecule has 17 heavy (non-hydrogen) atoms. The Morgan fingerprint density at radius 3 is 2.47 bits per heavy atom. The van der Waals surface area contributed by atoms with E-state index < -0.39 is 0 Å². The summed E-state index contributed by atoms with van der Waals surface area (Å²) in [6.07, 6.45) is 2.23. The molecule has 0 aliphatic carbocycles. The normalized spacial score (nSPS) is 17.4. The van der Waals surface area contributed by atoms with Gasteiger partial charge in [0.15, 0.2) is 0 Å². The molecule has 1 saturated heterocycles. The first-order chi connectivity index (χ1) is 8.33. The number of rotatable bonds is 1. The summed E-state index contributed by atoms with van der Waals surface area (Å²) >= 11 is 0. The second kappa shape index (κ2) is 4.38. The zero-order valence-corrected chi connectivity index (χ0v) is 9.73. The number of ether oxygens (including phenoxy) is 1. The summed E-state index contributed by atoms with van der Waals surface area (Å²) in [5, 5.41) is 11.7. The number of benzene rings is 2. The van der Waals surface area contributed by atoms with Crippen molar-refractivity contribution in [3.8, 4) is 5.75 Å². The minimum atomic E-state index is 0.330. The molecule has 2 heteroatoms. The Kier molecular flexibility index (Phi) is 2.73. The van der Waals surface area contributed by atoms with E-state index in [-0.39, 0.29) is 0 Å². The summed E-state index contributed by atoms with van der Waals surface area (Å²) in [6.45, 7) is 1.75. The van der Waals surface area contributed by atoms with E-state index in [0.29, 0.717) is 11.7 Å². The summed E-state index contributed by atoms with van der Waals surface area (Å²) in [6, 6.07) is 12.1. The molecule has 0 spiro atoms. The van der Waals surface area contributed by atoms with Crippen molar-refractivity contribution in [2.24, 2.45) is 0 Å². The van der Waals surface area contributed by atoms with E-state index in [4.69, 9.17) is 4.74 Å². The molecule has 0 bridgehead atoms. The van der Waals surface area contributed by atoms with E-state index in [9.17, 15) is 5.11 Å². The van der Waals surface area contributed by atoms with Gasteiger partial charge in [0.2, 0.25) is 0 Å². The number of hydrogen-bond donors (Lipinski definition) is 1. The van der Waals surface area contributed by atoms with E-state index >= 15 is 0 Å². The van der Waals surface area contributed by atoms with Crippen molar-refractivity contribution in [2.45, 2.75) is 18.8 Å². The van der Waals surface area contributed by atoms with Gasteiger partial charge in [-0.2, -0.15) is 0 Å². The average molecular weight is 228 g/mol. The zero-order chi connectivity index (χ0) is 11.7. The van der Waals surface area contributed by atoms with Crippen LogP contribution in [-0.2, 0) is 4.74 Å². The van der Waals surface area contributed by atoms with Crippen LogP contribution in [0, 0.1) is 0 Å². The standard InChI is InChI=1S/C15H16O2/c16-15-4-3-13-9-12(1-2-14(13)10-15)11-5-7-17-8-6-11/h1-4,9-11,16H,5-8H2. The Morgan fingerprint density at radius 1 is 0.941 bits per heavy atom. The van der Waals surface area contributed by atoms with Gasteiger partial charge in [-0.15, -0.1) is 0 Å². The van der Waals surface area contributed by atoms with Crippen molar-refractivity contribution in [3.63, 3.8) is 0 Å². The summed E-state index contributed by atoms with van der Waals surface area (Å²) < 4.78 is 5.39. The molecule has 0 atom stereocenters. The molecule has 2 aromatic rings. The number of phenolic OH excluding ortho intramolecular Hbond substituents is 1. The monoisotopic (exact) mass is 228 g/mol. The molecule has 2 aromatic carbocycles. The summed E-state index contributed by atoms with van der Waals surface area (Å²) in [5.74, 6) is 0.957. The SMILES string of the molecule is Oc1ccc2cc(C3CCOCC3)ccc2c1. The predicted molar refractivity (Wildman–Crippen MR) is 68.4 cm³/mol. The number of aromatic hydroxyl groups is 1. The minimum absolute atomic E-state index is 0.330. The molecule has 3 rings (SSSR count). The molecule has 2 nitrogen and oxygen atoms in total. The highest BCUT2D eigenvalue weighted by Crippen LogP contribution is 2.30. The molecular weight excluding hydrogens is 212 g/mol. The van der Waals surface area contributed by atoms with Gasteiger partial charge in [-0.3, -0.25) is 0 Å². The van der Waals surface area contributed by atoms with E-state index in [1.165, 1.54) is 10.9 Å². The van der Waals surface area contributed by atoms with Gasteiger partial charge in [0, 0.05) is 13.2 Å². The lowest BCUT2D eigenvalue weighted by molar-refractivity contribution is 0.0853. The summed E-state index contributed by atoms with van der Waals surface area (Å²) in [7, 11) is 0. The van der Waals surface area contributed by atoms with Crippen LogP contribution in [0.25, 0.3) is 10.8 Å². The Balaban J connectivity index is 1.98. The maximum Gasteiger partial charge on any atom is 0.116 e. The van der Waals surface area contributed by atoms with E-state index in [0.717, 1.165) is 31.4 Å². The molecule has 88 valence electrons. The van der Waals surface area contributed by atoms with Gasteiger partial charge in [0.05, 0.1) is 0 Å². The van der Waals surface area contributed by atoms with Gasteiger partial charge in [0.1, 0.15) is 5.75 Å². The number of fused-ring (bicyclic) bond motifs is 1. The fraction of sp³-hybridized carbons (Fsp3) is 0.333. The van der Waals surface area contributed by atoms with Crippen molar-refractivity contribution in [2.75, 3.05) is 13.2 Å². The largest absolute Gasteiger partial charge is 0.508 e. The summed E-state index contributed by atoms with van der Waals surface area (Å²) in [4.78, 5) is 0. The first-order valence-electron chi connectivity index (χ1n) is 6.13. The molecular formula is C15H16O2. The van der Waals surface area contributed by atoms with Gasteiger partial charge in [0.25, 0.3) is 0 Å². The third-order valence-corrected chi connectivity index (χ3v) is 3.54. The fourth-order valence-corrected chi connectivity index (χ4v) is 2.54. The second-order valence-electron chi connectivity index (χ2n) is 4.68. The summed E-state index contributed by atoms with van der Waals surface area (Å²) in [5.41, 5.74) is 1.39. The van der Waals surface area contributed by atoms with E-state index in [2.05, 4.69) is 18.2 Å². The third-order valence-electron chi connectivity index (χ3n) is 3.54. The van der Waals surface area contributed by atoms with E-state index in [1.807, 2.05) is 12.1 Å². The maximum absolute atomic E-state index is 9.43. The van der Waals surface area contributed by atoms with Gasteiger partial charge in [-0.1, -0.05) is 24.3 Å². The highest BCUT2D eigenvalue weighted by atomic mass is 16.5. The van der Waals surface area contributed by atoms with Gasteiger partial charge >= 0.3 is 0 Å². The minimum Gasteiger partial charge on any atom is -0.508 e. The van der Waals surface area contributed by atoms with Crippen LogP contribution in [0.5, 0.6) is 5.75 Å². The molecule has 0 radical (unpaired) electrons. The Hall–Kier alpha value is -1.54. The first kappa shape index (κ1) is 10.6. The van der Waals surface area contributed by atoms with Crippen molar-refractivity contribution in [3.05, 3.63) is 42.0 Å². The molecule has 1 heterocycles. The average Bonchev–Trinajstić information content (AvgIpc) is 2.39. The Labute approximate surface area is 101 Å². The highest BCUT2D eigenvalue weighted by Gasteiger charge is 2.15. The second-order valence-corrected chi connectivity index (χ2v) is 4.68. The van der Waals surface area contributed by atoms with Crippen LogP contribution in [0.4, 0.5) is 0 Å². The number of hydrogen-bond acceptors (Lipinski definition) is 2. The molecule has 0 unspecified atom stereocenters. The lowest BCUT2D eigenvalue weighted by Crippen LogP contribution is -2.13. The zero-order valence-electron chi connectivity index (χ0n) is 9.73. The maximum atomic E-state index is 9.43. The first-order valence-corrected chi connectivity index (χ1v) is 6.13. The highest BCUT2D eigenvalue weighted by molar-refractivity contribution is 5.84. The molecule has 1 fully saturated rings. The molecule has 0 saturated carbocycles. The van der Waals surface area contributed by atoms with Crippen LogP contribution >= 0.6 is 0 Å². The predicted octanol–water partition coefficient (Wildman–Crippen LogP) is 3.44. The van der Waals surface area contributed by atoms with Crippen LogP contribution in [0.15, 0.2) is 36.4 Å². The lowest BCUT2D eigenvalue weighted by atomic mass is 9.90. The molecule has 0 aromatic heterocycles. The van der Waals surface area contributed by atoms with Gasteiger partial charge in [-0.05, 0) is 47.2 Å². The van der Waals surface area contributed by atoms with Crippen LogP contribution in [0.2, 0.25) is 0 Å². The lowest BCUT2D eigenvalue weighted by Gasteiger charge is -2.22. The van der Waals surface area contributed by atoms with Crippen molar-refractivity contribution in [1.29, 1.82) is 0 Å². The van der Waals surface area contributed by atoms with Crippen molar-refractivity contribution >= 4 is 10.8 Å². The fourth-order valence-electron chi connectivity index (χ4n) is 2.54. The Bertz CT molecular complexity index is 527. The van der Waals surface area contributed by atoms with E-state index in [1.54, 1.807) is 6.07 Å². The van der Waals surface area contributed by atoms with Crippen molar-refractivity contribution < 1.29 is 9.84 Å². The third kappa shape index (κ3) is 2.13. The Morgan fingerprint density at radius 2 is 1.65 bits per heavy atom. The van der Waals surface area contributed by atoms with Gasteiger partial charge in [-0.25, -0.2) is 0 Å². The molecule has 1 aliphatic rings. The van der Waals surface area contributed by atoms with Crippen LogP contribution in [0.1, 0.15) is 24.3 Å².